The lowest BCUT2D eigenvalue weighted by atomic mass is 10.1. The predicted octanol–water partition coefficient (Wildman–Crippen LogP) is 8.09. The number of hydrogen-bond donors (Lipinski definition) is 4. The summed E-state index contributed by atoms with van der Waals surface area (Å²) in [6, 6.07) is -1.39. The minimum atomic E-state index is -1.39. The van der Waals surface area contributed by atoms with Crippen molar-refractivity contribution in [3.8, 4) is 0 Å². The zero-order valence-electron chi connectivity index (χ0n) is 29.8. The number of aliphatic hydroxyl groups is 1. The molecule has 4 N–H and O–H groups in total. The SMILES string of the molecule is CCC/C=C\C(CCCCCCC(=O)NCC(=O)NC(CO)C(=O)O)OC(=O)CCCCCCCCC/C=C\CCCCCCCC. The molecule has 2 amide bonds. The van der Waals surface area contributed by atoms with E-state index >= 15 is 0 Å². The topological polar surface area (TPSA) is 142 Å². The minimum absolute atomic E-state index is 0.127. The summed E-state index contributed by atoms with van der Waals surface area (Å²) in [7, 11) is 0. The molecule has 0 spiro atoms. The molecular formula is C38H68N2O7. The van der Waals surface area contributed by atoms with Gasteiger partial charge in [0.1, 0.15) is 12.1 Å². The molecule has 0 saturated carbocycles. The first-order valence-corrected chi connectivity index (χ1v) is 18.7. The first kappa shape index (κ1) is 44.3. The molecule has 0 fully saturated rings. The molecule has 0 aromatic rings. The first-order valence-electron chi connectivity index (χ1n) is 18.7. The Hall–Kier alpha value is -2.68. The van der Waals surface area contributed by atoms with Crippen molar-refractivity contribution in [2.75, 3.05) is 13.2 Å². The number of hydrogen-bond acceptors (Lipinski definition) is 6. The summed E-state index contributed by atoms with van der Waals surface area (Å²) in [6.07, 6.45) is 34.1. The van der Waals surface area contributed by atoms with Gasteiger partial charge >= 0.3 is 11.9 Å². The molecule has 272 valence electrons. The predicted molar refractivity (Wildman–Crippen MR) is 190 cm³/mol. The number of aliphatic hydroxyl groups excluding tert-OH is 1. The fourth-order valence-electron chi connectivity index (χ4n) is 5.21. The zero-order chi connectivity index (χ0) is 34.8. The van der Waals surface area contributed by atoms with Gasteiger partial charge in [-0.25, -0.2) is 4.79 Å². The van der Waals surface area contributed by atoms with E-state index in [0.717, 1.165) is 51.4 Å². The van der Waals surface area contributed by atoms with Gasteiger partial charge in [0, 0.05) is 12.8 Å². The second-order valence-electron chi connectivity index (χ2n) is 12.7. The number of nitrogens with one attached hydrogen (secondary N) is 2. The van der Waals surface area contributed by atoms with E-state index in [-0.39, 0.29) is 30.9 Å². The van der Waals surface area contributed by atoms with Crippen molar-refractivity contribution in [1.29, 1.82) is 0 Å². The average molecular weight is 665 g/mol. The Morgan fingerprint density at radius 1 is 0.638 bits per heavy atom. The summed E-state index contributed by atoms with van der Waals surface area (Å²) in [5.74, 6) is -2.42. The van der Waals surface area contributed by atoms with Gasteiger partial charge in [-0.05, 0) is 63.9 Å². The van der Waals surface area contributed by atoms with Gasteiger partial charge < -0.3 is 25.6 Å². The second-order valence-corrected chi connectivity index (χ2v) is 12.7. The second kappa shape index (κ2) is 33.2. The number of ether oxygens (including phenoxy) is 1. The van der Waals surface area contributed by atoms with Crippen molar-refractivity contribution in [1.82, 2.24) is 10.6 Å². The molecule has 0 aliphatic carbocycles. The van der Waals surface area contributed by atoms with Crippen LogP contribution < -0.4 is 10.6 Å². The van der Waals surface area contributed by atoms with Crippen molar-refractivity contribution < 1.29 is 34.1 Å². The lowest BCUT2D eigenvalue weighted by Gasteiger charge is -2.15. The maximum absolute atomic E-state index is 12.5. The molecule has 47 heavy (non-hydrogen) atoms. The van der Waals surface area contributed by atoms with Crippen LogP contribution >= 0.6 is 0 Å². The standard InChI is InChI=1S/C38H68N2O7/c1-3-5-7-8-9-10-11-12-13-14-15-16-17-18-19-20-26-30-37(44)47-33(27-23-6-4-2)28-24-21-22-25-29-35(42)39-31-36(43)40-34(32-41)38(45)46/h12-13,23,27,33-34,41H,3-11,14-22,24-26,28-32H2,1-2H3,(H,39,42)(H,40,43)(H,45,46)/b13-12-,27-23-. The molecule has 0 rings (SSSR count). The van der Waals surface area contributed by atoms with Crippen molar-refractivity contribution in [2.45, 2.75) is 180 Å². The number of esters is 1. The van der Waals surface area contributed by atoms with Gasteiger partial charge in [-0.2, -0.15) is 0 Å². The largest absolute Gasteiger partial charge is 0.480 e. The number of carbonyl (C=O) groups is 4. The molecular weight excluding hydrogens is 596 g/mol. The summed E-state index contributed by atoms with van der Waals surface area (Å²) in [5, 5.41) is 22.4. The van der Waals surface area contributed by atoms with Crippen molar-refractivity contribution in [3.05, 3.63) is 24.3 Å². The molecule has 0 radical (unpaired) electrons. The normalized spacial score (nSPS) is 12.7. The number of carboxylic acid groups (broad SMARTS) is 1. The Kier molecular flexibility index (Phi) is 31.3. The highest BCUT2D eigenvalue weighted by atomic mass is 16.5. The highest BCUT2D eigenvalue weighted by Gasteiger charge is 2.18. The van der Waals surface area contributed by atoms with E-state index in [1.807, 2.05) is 6.08 Å². The molecule has 9 heteroatoms. The van der Waals surface area contributed by atoms with Crippen molar-refractivity contribution in [3.63, 3.8) is 0 Å². The van der Waals surface area contributed by atoms with E-state index in [1.165, 1.54) is 83.5 Å². The molecule has 0 heterocycles. The van der Waals surface area contributed by atoms with Crippen LogP contribution in [0.3, 0.4) is 0 Å². The average Bonchev–Trinajstić information content (AvgIpc) is 3.05. The van der Waals surface area contributed by atoms with Gasteiger partial charge in [0.2, 0.25) is 11.8 Å². The minimum Gasteiger partial charge on any atom is -0.480 e. The highest BCUT2D eigenvalue weighted by Crippen LogP contribution is 2.15. The van der Waals surface area contributed by atoms with Crippen LogP contribution in [-0.4, -0.2) is 59.3 Å². The molecule has 9 nitrogen and oxygen atoms in total. The summed E-state index contributed by atoms with van der Waals surface area (Å²) in [4.78, 5) is 47.0. The third-order valence-electron chi connectivity index (χ3n) is 8.14. The van der Waals surface area contributed by atoms with E-state index < -0.39 is 24.5 Å². The van der Waals surface area contributed by atoms with Crippen LogP contribution in [0.25, 0.3) is 0 Å². The van der Waals surface area contributed by atoms with Gasteiger partial charge in [0.05, 0.1) is 13.2 Å². The Bertz CT molecular complexity index is 859. The van der Waals surface area contributed by atoms with Gasteiger partial charge in [0.25, 0.3) is 0 Å². The molecule has 0 aromatic carbocycles. The summed E-state index contributed by atoms with van der Waals surface area (Å²) in [6.45, 7) is 3.32. The Morgan fingerprint density at radius 3 is 1.77 bits per heavy atom. The molecule has 0 saturated heterocycles. The maximum atomic E-state index is 12.5. The van der Waals surface area contributed by atoms with E-state index in [0.29, 0.717) is 12.8 Å². The quantitative estimate of drug-likeness (QED) is 0.0316. The van der Waals surface area contributed by atoms with Gasteiger partial charge in [-0.1, -0.05) is 116 Å². The van der Waals surface area contributed by atoms with E-state index in [1.54, 1.807) is 0 Å². The summed E-state index contributed by atoms with van der Waals surface area (Å²) < 4.78 is 5.79. The van der Waals surface area contributed by atoms with Crippen LogP contribution in [0.2, 0.25) is 0 Å². The van der Waals surface area contributed by atoms with E-state index in [9.17, 15) is 19.2 Å². The van der Waals surface area contributed by atoms with Gasteiger partial charge in [0.15, 0.2) is 0 Å². The molecule has 2 atom stereocenters. The molecule has 2 unspecified atom stereocenters. The molecule has 0 bridgehead atoms. The fraction of sp³-hybridized carbons (Fsp3) is 0.789. The first-order chi connectivity index (χ1) is 22.8. The Morgan fingerprint density at radius 2 is 1.19 bits per heavy atom. The number of carbonyl (C=O) groups excluding carboxylic acids is 3. The Labute approximate surface area is 285 Å². The number of carboxylic acids is 1. The monoisotopic (exact) mass is 665 g/mol. The molecule has 0 aromatic heterocycles. The van der Waals surface area contributed by atoms with Crippen LogP contribution in [0.5, 0.6) is 0 Å². The van der Waals surface area contributed by atoms with E-state index in [2.05, 4.69) is 42.7 Å². The lowest BCUT2D eigenvalue weighted by molar-refractivity contribution is -0.147. The number of rotatable bonds is 33. The number of amides is 2. The zero-order valence-corrected chi connectivity index (χ0v) is 29.8. The number of aliphatic carboxylic acids is 1. The van der Waals surface area contributed by atoms with Crippen LogP contribution in [0.15, 0.2) is 24.3 Å². The smallest absolute Gasteiger partial charge is 0.328 e. The number of allylic oxidation sites excluding steroid dienone is 3. The van der Waals surface area contributed by atoms with E-state index in [4.69, 9.17) is 14.9 Å². The van der Waals surface area contributed by atoms with Gasteiger partial charge in [-0.15, -0.1) is 0 Å². The fourth-order valence-corrected chi connectivity index (χ4v) is 5.21. The molecule has 0 aliphatic rings. The van der Waals surface area contributed by atoms with Crippen LogP contribution in [-0.2, 0) is 23.9 Å². The third kappa shape index (κ3) is 30.4. The van der Waals surface area contributed by atoms with Crippen LogP contribution in [0.4, 0.5) is 0 Å². The number of unbranched alkanes of at least 4 members (excludes halogenated alkanes) is 17. The summed E-state index contributed by atoms with van der Waals surface area (Å²) >= 11 is 0. The van der Waals surface area contributed by atoms with Crippen LogP contribution in [0.1, 0.15) is 168 Å². The van der Waals surface area contributed by atoms with Crippen molar-refractivity contribution in [2.24, 2.45) is 0 Å². The van der Waals surface area contributed by atoms with Crippen molar-refractivity contribution >= 4 is 23.8 Å². The lowest BCUT2D eigenvalue weighted by Crippen LogP contribution is -2.47. The molecule has 0 aliphatic heterocycles. The van der Waals surface area contributed by atoms with Gasteiger partial charge in [-0.3, -0.25) is 14.4 Å². The van der Waals surface area contributed by atoms with Crippen LogP contribution in [0, 0.1) is 0 Å². The third-order valence-corrected chi connectivity index (χ3v) is 8.14. The summed E-state index contributed by atoms with van der Waals surface area (Å²) in [5.41, 5.74) is 0. The highest BCUT2D eigenvalue weighted by molar-refractivity contribution is 5.87. The maximum Gasteiger partial charge on any atom is 0.328 e. The Balaban J connectivity index is 3.95.